The Bertz CT molecular complexity index is 769. The maximum absolute atomic E-state index is 10.9. The third-order valence-corrected chi connectivity index (χ3v) is 2.92. The highest BCUT2D eigenvalue weighted by Gasteiger charge is 2.06. The quantitative estimate of drug-likeness (QED) is 0.759. The SMILES string of the molecule is O=C(O)c1cncc(-c2ccc3cccnc3c2)c1. The van der Waals surface area contributed by atoms with E-state index in [-0.39, 0.29) is 5.56 Å². The minimum absolute atomic E-state index is 0.179. The fraction of sp³-hybridized carbons (Fsp3) is 0. The smallest absolute Gasteiger partial charge is 0.337 e. The van der Waals surface area contributed by atoms with E-state index in [9.17, 15) is 4.79 Å². The summed E-state index contributed by atoms with van der Waals surface area (Å²) < 4.78 is 0. The van der Waals surface area contributed by atoms with E-state index in [1.54, 1.807) is 18.5 Å². The predicted octanol–water partition coefficient (Wildman–Crippen LogP) is 3.00. The molecule has 1 N–H and O–H groups in total. The molecule has 92 valence electrons. The lowest BCUT2D eigenvalue weighted by atomic mass is 10.0. The molecule has 19 heavy (non-hydrogen) atoms. The van der Waals surface area contributed by atoms with E-state index in [0.717, 1.165) is 22.0 Å². The monoisotopic (exact) mass is 250 g/mol. The molecule has 2 aromatic heterocycles. The molecule has 0 bridgehead atoms. The highest BCUT2D eigenvalue weighted by molar-refractivity contribution is 5.90. The van der Waals surface area contributed by atoms with Crippen LogP contribution in [0.1, 0.15) is 10.4 Å². The Morgan fingerprint density at radius 1 is 1.05 bits per heavy atom. The maximum Gasteiger partial charge on any atom is 0.337 e. The van der Waals surface area contributed by atoms with Crippen LogP contribution in [0, 0.1) is 0 Å². The van der Waals surface area contributed by atoms with Crippen LogP contribution in [-0.2, 0) is 0 Å². The lowest BCUT2D eigenvalue weighted by Crippen LogP contribution is -1.97. The van der Waals surface area contributed by atoms with Gasteiger partial charge in [0.2, 0.25) is 0 Å². The Balaban J connectivity index is 2.13. The molecule has 0 atom stereocenters. The van der Waals surface area contributed by atoms with Crippen molar-refractivity contribution < 1.29 is 9.90 Å². The van der Waals surface area contributed by atoms with Crippen LogP contribution in [0.2, 0.25) is 0 Å². The van der Waals surface area contributed by atoms with Crippen LogP contribution >= 0.6 is 0 Å². The largest absolute Gasteiger partial charge is 0.478 e. The summed E-state index contributed by atoms with van der Waals surface area (Å²) in [4.78, 5) is 19.2. The first-order chi connectivity index (χ1) is 9.24. The molecule has 4 heteroatoms. The van der Waals surface area contributed by atoms with Gasteiger partial charge in [0.1, 0.15) is 0 Å². The summed E-state index contributed by atoms with van der Waals surface area (Å²) in [5.74, 6) is -0.978. The fourth-order valence-electron chi connectivity index (χ4n) is 1.96. The molecular formula is C15H10N2O2. The average molecular weight is 250 g/mol. The molecule has 0 aliphatic rings. The Morgan fingerprint density at radius 3 is 2.79 bits per heavy atom. The van der Waals surface area contributed by atoms with E-state index in [1.165, 1.54) is 6.20 Å². The second-order valence-electron chi connectivity index (χ2n) is 4.18. The molecule has 0 unspecified atom stereocenters. The third kappa shape index (κ3) is 2.15. The van der Waals surface area contributed by atoms with Crippen molar-refractivity contribution in [3.63, 3.8) is 0 Å². The van der Waals surface area contributed by atoms with Crippen molar-refractivity contribution in [2.75, 3.05) is 0 Å². The summed E-state index contributed by atoms with van der Waals surface area (Å²) in [7, 11) is 0. The molecule has 4 nitrogen and oxygen atoms in total. The van der Waals surface area contributed by atoms with Gasteiger partial charge in [-0.1, -0.05) is 18.2 Å². The highest BCUT2D eigenvalue weighted by atomic mass is 16.4. The molecule has 0 saturated heterocycles. The van der Waals surface area contributed by atoms with Crippen molar-refractivity contribution in [2.24, 2.45) is 0 Å². The van der Waals surface area contributed by atoms with Crippen molar-refractivity contribution in [1.29, 1.82) is 0 Å². The molecule has 0 radical (unpaired) electrons. The Hall–Kier alpha value is -2.75. The standard InChI is InChI=1S/C15H10N2O2/c18-15(19)13-6-12(8-16-9-13)11-4-3-10-2-1-5-17-14(10)7-11/h1-9H,(H,18,19). The number of aromatic nitrogens is 2. The molecule has 0 saturated carbocycles. The highest BCUT2D eigenvalue weighted by Crippen LogP contribution is 2.23. The Kier molecular flexibility index (Phi) is 2.68. The first-order valence-corrected chi connectivity index (χ1v) is 5.77. The number of hydrogen-bond donors (Lipinski definition) is 1. The number of nitrogens with zero attached hydrogens (tertiary/aromatic N) is 2. The van der Waals surface area contributed by atoms with Gasteiger partial charge in [-0.2, -0.15) is 0 Å². The van der Waals surface area contributed by atoms with E-state index in [4.69, 9.17) is 5.11 Å². The van der Waals surface area contributed by atoms with E-state index >= 15 is 0 Å². The molecule has 3 rings (SSSR count). The Labute approximate surface area is 109 Å². The van der Waals surface area contributed by atoms with E-state index < -0.39 is 5.97 Å². The summed E-state index contributed by atoms with van der Waals surface area (Å²) in [5.41, 5.74) is 2.73. The number of pyridine rings is 2. The van der Waals surface area contributed by atoms with Crippen LogP contribution in [0.15, 0.2) is 55.0 Å². The fourth-order valence-corrected chi connectivity index (χ4v) is 1.96. The van der Waals surface area contributed by atoms with Gasteiger partial charge < -0.3 is 5.11 Å². The van der Waals surface area contributed by atoms with E-state index in [2.05, 4.69) is 9.97 Å². The van der Waals surface area contributed by atoms with Gasteiger partial charge in [0.05, 0.1) is 11.1 Å². The van der Waals surface area contributed by atoms with Gasteiger partial charge in [-0.3, -0.25) is 9.97 Å². The van der Waals surface area contributed by atoms with Gasteiger partial charge in [0, 0.05) is 29.5 Å². The summed E-state index contributed by atoms with van der Waals surface area (Å²) in [6.45, 7) is 0. The minimum atomic E-state index is -0.978. The molecule has 1 aromatic carbocycles. The zero-order chi connectivity index (χ0) is 13.2. The zero-order valence-electron chi connectivity index (χ0n) is 9.95. The number of rotatable bonds is 2. The van der Waals surface area contributed by atoms with Crippen molar-refractivity contribution in [1.82, 2.24) is 9.97 Å². The first-order valence-electron chi connectivity index (χ1n) is 5.77. The summed E-state index contributed by atoms with van der Waals surface area (Å²) in [5, 5.41) is 10.0. The molecule has 0 aliphatic carbocycles. The first kappa shape index (κ1) is 11.3. The predicted molar refractivity (Wildman–Crippen MR) is 71.9 cm³/mol. The van der Waals surface area contributed by atoms with Crippen LogP contribution in [0.25, 0.3) is 22.0 Å². The molecule has 0 spiro atoms. The lowest BCUT2D eigenvalue weighted by Gasteiger charge is -2.04. The molecule has 3 aromatic rings. The number of carboxylic acid groups (broad SMARTS) is 1. The van der Waals surface area contributed by atoms with E-state index in [1.807, 2.05) is 30.3 Å². The van der Waals surface area contributed by atoms with Crippen LogP contribution in [0.3, 0.4) is 0 Å². The zero-order valence-corrected chi connectivity index (χ0v) is 9.95. The summed E-state index contributed by atoms with van der Waals surface area (Å²) in [6, 6.07) is 11.3. The number of aromatic carboxylic acids is 1. The second-order valence-corrected chi connectivity index (χ2v) is 4.18. The minimum Gasteiger partial charge on any atom is -0.478 e. The second kappa shape index (κ2) is 4.49. The number of carbonyl (C=O) groups is 1. The molecular weight excluding hydrogens is 240 g/mol. The van der Waals surface area contributed by atoms with Gasteiger partial charge >= 0.3 is 5.97 Å². The van der Waals surface area contributed by atoms with Crippen molar-refractivity contribution in [3.8, 4) is 11.1 Å². The van der Waals surface area contributed by atoms with E-state index in [0.29, 0.717) is 0 Å². The number of hydrogen-bond acceptors (Lipinski definition) is 3. The van der Waals surface area contributed by atoms with Crippen molar-refractivity contribution in [3.05, 3.63) is 60.6 Å². The van der Waals surface area contributed by atoms with Gasteiger partial charge in [-0.25, -0.2) is 4.79 Å². The normalized spacial score (nSPS) is 10.5. The molecule has 0 aliphatic heterocycles. The summed E-state index contributed by atoms with van der Waals surface area (Å²) in [6.07, 6.45) is 4.72. The lowest BCUT2D eigenvalue weighted by molar-refractivity contribution is 0.0696. The number of fused-ring (bicyclic) bond motifs is 1. The van der Waals surface area contributed by atoms with Gasteiger partial charge in [-0.15, -0.1) is 0 Å². The molecule has 0 fully saturated rings. The van der Waals surface area contributed by atoms with Crippen molar-refractivity contribution in [2.45, 2.75) is 0 Å². The molecule has 0 amide bonds. The van der Waals surface area contributed by atoms with Gasteiger partial charge in [-0.05, 0) is 23.8 Å². The van der Waals surface area contributed by atoms with Gasteiger partial charge in [0.15, 0.2) is 0 Å². The average Bonchev–Trinajstić information content (AvgIpc) is 2.47. The topological polar surface area (TPSA) is 63.1 Å². The van der Waals surface area contributed by atoms with Crippen LogP contribution < -0.4 is 0 Å². The maximum atomic E-state index is 10.9. The number of carboxylic acids is 1. The van der Waals surface area contributed by atoms with Crippen LogP contribution in [-0.4, -0.2) is 21.0 Å². The van der Waals surface area contributed by atoms with Gasteiger partial charge in [0.25, 0.3) is 0 Å². The van der Waals surface area contributed by atoms with Crippen molar-refractivity contribution >= 4 is 16.9 Å². The van der Waals surface area contributed by atoms with Crippen LogP contribution in [0.5, 0.6) is 0 Å². The summed E-state index contributed by atoms with van der Waals surface area (Å²) >= 11 is 0. The third-order valence-electron chi connectivity index (χ3n) is 2.92. The van der Waals surface area contributed by atoms with Crippen LogP contribution in [0.4, 0.5) is 0 Å². The Morgan fingerprint density at radius 2 is 1.95 bits per heavy atom. The number of benzene rings is 1. The molecule has 2 heterocycles.